The summed E-state index contributed by atoms with van der Waals surface area (Å²) in [6.45, 7) is 6.18. The Morgan fingerprint density at radius 1 is 0.784 bits per heavy atom. The number of nitro groups is 2. The summed E-state index contributed by atoms with van der Waals surface area (Å²) in [6, 6.07) is 5.65. The van der Waals surface area contributed by atoms with Gasteiger partial charge in [-0.3, -0.25) is 25.1 Å². The molecule has 0 unspecified atom stereocenters. The molecule has 2 aromatic carbocycles. The molecule has 0 saturated carbocycles. The van der Waals surface area contributed by atoms with Crippen molar-refractivity contribution in [3.8, 4) is 0 Å². The molecule has 204 valence electrons. The Balaban J connectivity index is 0.000000281. The first-order valence-electron chi connectivity index (χ1n) is 10.9. The fraction of sp³-hybridized carbons (Fsp3) is 0.455. The monoisotopic (exact) mass is 600 g/mol. The van der Waals surface area contributed by atoms with Gasteiger partial charge in [0.05, 0.1) is 21.0 Å². The van der Waals surface area contributed by atoms with Crippen molar-refractivity contribution in [2.24, 2.45) is 0 Å². The van der Waals surface area contributed by atoms with Gasteiger partial charge < -0.3 is 4.90 Å². The van der Waals surface area contributed by atoms with Crippen molar-refractivity contribution in [1.29, 1.82) is 0 Å². The lowest BCUT2D eigenvalue weighted by atomic mass is 10.0. The molecule has 0 atom stereocenters. The van der Waals surface area contributed by atoms with Gasteiger partial charge in [0.2, 0.25) is 0 Å². The van der Waals surface area contributed by atoms with Gasteiger partial charge in [0, 0.05) is 62.3 Å². The van der Waals surface area contributed by atoms with E-state index in [4.69, 9.17) is 0 Å². The van der Waals surface area contributed by atoms with Crippen LogP contribution >= 0.6 is 15.9 Å². The van der Waals surface area contributed by atoms with Crippen LogP contribution in [0.25, 0.3) is 0 Å². The van der Waals surface area contributed by atoms with Gasteiger partial charge in [-0.05, 0) is 17.7 Å². The Bertz CT molecular complexity index is 1110. The van der Waals surface area contributed by atoms with Crippen molar-refractivity contribution in [3.05, 3.63) is 78.9 Å². The first kappa shape index (κ1) is 30.4. The highest BCUT2D eigenvalue weighted by atomic mass is 79.9. The van der Waals surface area contributed by atoms with Crippen molar-refractivity contribution in [2.75, 3.05) is 32.7 Å². The average Bonchev–Trinajstić information content (AvgIpc) is 2.83. The number of non-ortho nitro benzene ring substituents is 2. The molecule has 0 aromatic heterocycles. The molecule has 0 radical (unpaired) electrons. The van der Waals surface area contributed by atoms with E-state index in [0.717, 1.165) is 37.8 Å². The number of likely N-dealkylation sites (N-methyl/N-ethyl adjacent to an activating group) is 1. The second kappa shape index (κ2) is 12.6. The fourth-order valence-corrected chi connectivity index (χ4v) is 4.13. The predicted octanol–water partition coefficient (Wildman–Crippen LogP) is 6.26. The van der Waals surface area contributed by atoms with E-state index in [-0.39, 0.29) is 23.0 Å². The second-order valence-electron chi connectivity index (χ2n) is 8.04. The summed E-state index contributed by atoms with van der Waals surface area (Å²) in [7, 11) is 0. The molecule has 0 aliphatic carbocycles. The highest BCUT2D eigenvalue weighted by Gasteiger charge is 2.36. The van der Waals surface area contributed by atoms with Crippen molar-refractivity contribution < 1.29 is 36.2 Å². The molecular weight excluding hydrogens is 578 g/mol. The lowest BCUT2D eigenvalue weighted by molar-refractivity contribution is -0.385. The summed E-state index contributed by atoms with van der Waals surface area (Å²) in [5.41, 5.74) is -2.93. The molecule has 2 aromatic rings. The van der Waals surface area contributed by atoms with E-state index in [9.17, 15) is 46.6 Å². The molecule has 0 bridgehead atoms. The lowest BCUT2D eigenvalue weighted by Crippen LogP contribution is -2.45. The van der Waals surface area contributed by atoms with Crippen LogP contribution in [-0.4, -0.2) is 52.4 Å². The van der Waals surface area contributed by atoms with E-state index in [0.29, 0.717) is 25.2 Å². The SMILES string of the molecule is CCN1CCN(Cc2ccc([N+](=O)[O-])cc2C(F)(F)F)CC1.O=[N+]([O-])c1ccc(CBr)c(C(F)(F)F)c1. The van der Waals surface area contributed by atoms with Crippen LogP contribution < -0.4 is 0 Å². The number of rotatable bonds is 6. The first-order valence-corrected chi connectivity index (χ1v) is 12.0. The number of hydrogen-bond donors (Lipinski definition) is 0. The van der Waals surface area contributed by atoms with Crippen LogP contribution in [0.4, 0.5) is 37.7 Å². The van der Waals surface area contributed by atoms with E-state index < -0.39 is 44.7 Å². The molecular formula is C22H23BrF6N4O4. The van der Waals surface area contributed by atoms with E-state index in [1.165, 1.54) is 6.07 Å². The third-order valence-corrected chi connectivity index (χ3v) is 6.27. The maximum Gasteiger partial charge on any atom is 0.416 e. The molecule has 1 aliphatic rings. The predicted molar refractivity (Wildman–Crippen MR) is 126 cm³/mol. The maximum absolute atomic E-state index is 13.1. The summed E-state index contributed by atoms with van der Waals surface area (Å²) in [5.74, 6) is 0. The topological polar surface area (TPSA) is 92.8 Å². The van der Waals surface area contributed by atoms with Crippen LogP contribution in [0.3, 0.4) is 0 Å². The third-order valence-electron chi connectivity index (χ3n) is 5.67. The fourth-order valence-electron chi connectivity index (χ4n) is 3.64. The molecule has 15 heteroatoms. The molecule has 3 rings (SSSR count). The van der Waals surface area contributed by atoms with Crippen LogP contribution in [0.5, 0.6) is 0 Å². The van der Waals surface area contributed by atoms with Gasteiger partial charge in [-0.2, -0.15) is 26.3 Å². The minimum Gasteiger partial charge on any atom is -0.301 e. The second-order valence-corrected chi connectivity index (χ2v) is 8.60. The molecule has 1 saturated heterocycles. The summed E-state index contributed by atoms with van der Waals surface area (Å²) in [5, 5.41) is 21.0. The Hall–Kier alpha value is -2.78. The Labute approximate surface area is 216 Å². The molecule has 1 aliphatic heterocycles. The third kappa shape index (κ3) is 8.64. The number of hydrogen-bond acceptors (Lipinski definition) is 6. The number of nitrogens with zero attached hydrogens (tertiary/aromatic N) is 4. The molecule has 1 heterocycles. The summed E-state index contributed by atoms with van der Waals surface area (Å²) < 4.78 is 76.6. The largest absolute Gasteiger partial charge is 0.416 e. The maximum atomic E-state index is 13.1. The van der Waals surface area contributed by atoms with Gasteiger partial charge in [0.25, 0.3) is 11.4 Å². The zero-order chi connectivity index (χ0) is 28.0. The van der Waals surface area contributed by atoms with E-state index in [1.807, 2.05) is 11.8 Å². The van der Waals surface area contributed by atoms with Crippen LogP contribution in [0.15, 0.2) is 36.4 Å². The van der Waals surface area contributed by atoms with E-state index in [2.05, 4.69) is 20.8 Å². The van der Waals surface area contributed by atoms with Gasteiger partial charge in [0.1, 0.15) is 0 Å². The van der Waals surface area contributed by atoms with E-state index in [1.54, 1.807) is 0 Å². The van der Waals surface area contributed by atoms with E-state index >= 15 is 0 Å². The molecule has 0 amide bonds. The summed E-state index contributed by atoms with van der Waals surface area (Å²) >= 11 is 2.89. The number of benzene rings is 2. The average molecular weight is 601 g/mol. The minimum absolute atomic E-state index is 0.000161. The zero-order valence-electron chi connectivity index (χ0n) is 19.5. The Morgan fingerprint density at radius 2 is 1.19 bits per heavy atom. The molecule has 37 heavy (non-hydrogen) atoms. The number of piperazine rings is 1. The first-order chi connectivity index (χ1) is 17.2. The van der Waals surface area contributed by atoms with Crippen molar-refractivity contribution in [1.82, 2.24) is 9.80 Å². The van der Waals surface area contributed by atoms with Crippen LogP contribution in [-0.2, 0) is 24.2 Å². The number of alkyl halides is 7. The molecule has 1 fully saturated rings. The van der Waals surface area contributed by atoms with Crippen LogP contribution in [0, 0.1) is 20.2 Å². The van der Waals surface area contributed by atoms with Gasteiger partial charge in [0.15, 0.2) is 0 Å². The van der Waals surface area contributed by atoms with Crippen LogP contribution in [0.2, 0.25) is 0 Å². The van der Waals surface area contributed by atoms with Crippen molar-refractivity contribution in [3.63, 3.8) is 0 Å². The number of nitro benzene ring substituents is 2. The summed E-state index contributed by atoms with van der Waals surface area (Å²) in [6.07, 6.45) is -9.16. The van der Waals surface area contributed by atoms with Crippen molar-refractivity contribution >= 4 is 27.3 Å². The number of halogens is 7. The Morgan fingerprint density at radius 3 is 1.57 bits per heavy atom. The van der Waals surface area contributed by atoms with Gasteiger partial charge in [-0.1, -0.05) is 35.0 Å². The lowest BCUT2D eigenvalue weighted by Gasteiger charge is -2.34. The van der Waals surface area contributed by atoms with Gasteiger partial charge >= 0.3 is 12.4 Å². The normalized spacial score (nSPS) is 15.1. The van der Waals surface area contributed by atoms with Crippen LogP contribution in [0.1, 0.15) is 29.2 Å². The van der Waals surface area contributed by atoms with Gasteiger partial charge in [-0.25, -0.2) is 0 Å². The zero-order valence-corrected chi connectivity index (χ0v) is 21.1. The van der Waals surface area contributed by atoms with Crippen molar-refractivity contribution in [2.45, 2.75) is 31.2 Å². The smallest absolute Gasteiger partial charge is 0.301 e. The minimum atomic E-state index is -4.59. The molecule has 0 spiro atoms. The molecule has 0 N–H and O–H groups in total. The molecule has 8 nitrogen and oxygen atoms in total. The highest BCUT2D eigenvalue weighted by molar-refractivity contribution is 9.08. The highest BCUT2D eigenvalue weighted by Crippen LogP contribution is 2.36. The van der Waals surface area contributed by atoms with Gasteiger partial charge in [-0.15, -0.1) is 0 Å². The quantitative estimate of drug-likeness (QED) is 0.168. The Kier molecular flexibility index (Phi) is 10.4. The summed E-state index contributed by atoms with van der Waals surface area (Å²) in [4.78, 5) is 23.5. The standard InChI is InChI=1S/C14H18F3N3O2.C8H5BrF3NO2/c1-2-18-5-7-19(8-6-18)10-11-3-4-12(20(21)22)9-13(11)14(15,16)17;9-4-5-1-2-6(13(14)15)3-7(5)8(10,11)12/h3-4,9H,2,5-8,10H2,1H3;1-3H,4H2.